The van der Waals surface area contributed by atoms with E-state index in [1.54, 1.807) is 13.0 Å². The van der Waals surface area contributed by atoms with E-state index in [0.717, 1.165) is 17.3 Å². The molecule has 4 rings (SSSR count). The van der Waals surface area contributed by atoms with E-state index in [9.17, 15) is 12.8 Å². The second-order valence-electron chi connectivity index (χ2n) is 9.57. The molecule has 0 bridgehead atoms. The summed E-state index contributed by atoms with van der Waals surface area (Å²) in [5.74, 6) is -0.973. The Kier molecular flexibility index (Phi) is 5.42. The smallest absolute Gasteiger partial charge is 0.215 e. The van der Waals surface area contributed by atoms with Gasteiger partial charge in [0, 0.05) is 35.2 Å². The van der Waals surface area contributed by atoms with Gasteiger partial charge in [0.05, 0.1) is 17.1 Å². The molecule has 2 aromatic heterocycles. The molecule has 5 nitrogen and oxygen atoms in total. The van der Waals surface area contributed by atoms with Crippen LogP contribution in [0.15, 0.2) is 36.7 Å². The molecule has 166 valence electrons. The van der Waals surface area contributed by atoms with Crippen LogP contribution >= 0.6 is 0 Å². The molecule has 1 aliphatic carbocycles. The van der Waals surface area contributed by atoms with E-state index in [1.165, 1.54) is 18.2 Å². The Labute approximate surface area is 181 Å². The monoisotopic (exact) mass is 447 g/mol. The Morgan fingerprint density at radius 3 is 2.52 bits per heavy atom. The molecule has 1 saturated carbocycles. The summed E-state index contributed by atoms with van der Waals surface area (Å²) in [6.45, 7) is 8.74. The van der Waals surface area contributed by atoms with E-state index in [0.29, 0.717) is 30.5 Å². The van der Waals surface area contributed by atoms with Crippen molar-refractivity contribution in [2.24, 2.45) is 5.41 Å². The highest BCUT2D eigenvalue weighted by molar-refractivity contribution is 7.90. The van der Waals surface area contributed by atoms with Crippen LogP contribution in [0.3, 0.4) is 0 Å². The van der Waals surface area contributed by atoms with Gasteiger partial charge in [0.2, 0.25) is 10.0 Å². The summed E-state index contributed by atoms with van der Waals surface area (Å²) >= 11 is 0. The largest absolute Gasteiger partial charge is 0.347 e. The number of rotatable bonds is 6. The third-order valence-electron chi connectivity index (χ3n) is 5.42. The molecule has 0 saturated heterocycles. The Bertz CT molecular complexity index is 1220. The zero-order chi connectivity index (χ0) is 22.6. The standard InChI is InChI=1S/C23H27F2N3O2S/c1-14(27-31(29,30)16-6-7-16)19-12-28(13-23(2,3)4)22-10-18(20(25)9-17(19)22)21-8-5-15(24)11-26-21/h5,8-12,14,16,27H,6-7,13H2,1-4H3. The normalized spacial score (nSPS) is 16.1. The maximum Gasteiger partial charge on any atom is 0.215 e. The van der Waals surface area contributed by atoms with Gasteiger partial charge in [-0.15, -0.1) is 0 Å². The van der Waals surface area contributed by atoms with Crippen molar-refractivity contribution in [3.63, 3.8) is 0 Å². The van der Waals surface area contributed by atoms with Crippen LogP contribution in [0.2, 0.25) is 0 Å². The molecule has 1 aliphatic rings. The molecule has 0 radical (unpaired) electrons. The van der Waals surface area contributed by atoms with Crippen LogP contribution < -0.4 is 4.72 Å². The van der Waals surface area contributed by atoms with Crippen molar-refractivity contribution in [2.75, 3.05) is 0 Å². The second-order valence-corrected chi connectivity index (χ2v) is 11.6. The fourth-order valence-corrected chi connectivity index (χ4v) is 5.41. The number of nitrogens with one attached hydrogen (secondary N) is 1. The average molecular weight is 448 g/mol. The Morgan fingerprint density at radius 2 is 1.94 bits per heavy atom. The lowest BCUT2D eigenvalue weighted by Gasteiger charge is -2.20. The quantitative estimate of drug-likeness (QED) is 0.567. The summed E-state index contributed by atoms with van der Waals surface area (Å²) in [6, 6.07) is 5.34. The van der Waals surface area contributed by atoms with Crippen LogP contribution in [-0.4, -0.2) is 23.2 Å². The van der Waals surface area contributed by atoms with E-state index in [-0.39, 0.29) is 16.2 Å². The third-order valence-corrected chi connectivity index (χ3v) is 7.45. The van der Waals surface area contributed by atoms with Crippen molar-refractivity contribution in [1.29, 1.82) is 0 Å². The summed E-state index contributed by atoms with van der Waals surface area (Å²) in [4.78, 5) is 4.02. The molecule has 1 N–H and O–H groups in total. The molecule has 0 aliphatic heterocycles. The fourth-order valence-electron chi connectivity index (χ4n) is 3.84. The van der Waals surface area contributed by atoms with Crippen molar-refractivity contribution in [3.05, 3.63) is 53.9 Å². The number of benzene rings is 1. The van der Waals surface area contributed by atoms with Crippen LogP contribution in [-0.2, 0) is 16.6 Å². The van der Waals surface area contributed by atoms with Gasteiger partial charge in [-0.3, -0.25) is 4.98 Å². The molecule has 1 fully saturated rings. The topological polar surface area (TPSA) is 64.0 Å². The van der Waals surface area contributed by atoms with Gasteiger partial charge in [-0.05, 0) is 55.0 Å². The molecule has 31 heavy (non-hydrogen) atoms. The van der Waals surface area contributed by atoms with Crippen molar-refractivity contribution in [2.45, 2.75) is 58.4 Å². The van der Waals surface area contributed by atoms with Crippen molar-refractivity contribution in [1.82, 2.24) is 14.3 Å². The molecule has 1 aromatic carbocycles. The molecule has 0 amide bonds. The molecular formula is C23H27F2N3O2S. The molecule has 8 heteroatoms. The maximum atomic E-state index is 15.1. The zero-order valence-corrected chi connectivity index (χ0v) is 18.9. The predicted octanol–water partition coefficient (Wildman–Crippen LogP) is 5.17. The van der Waals surface area contributed by atoms with Gasteiger partial charge in [0.15, 0.2) is 0 Å². The minimum Gasteiger partial charge on any atom is -0.347 e. The third kappa shape index (κ3) is 4.65. The van der Waals surface area contributed by atoms with Crippen LogP contribution in [0.1, 0.15) is 52.1 Å². The molecule has 2 heterocycles. The Hall–Kier alpha value is -2.32. The van der Waals surface area contributed by atoms with E-state index in [4.69, 9.17) is 0 Å². The number of hydrogen-bond acceptors (Lipinski definition) is 3. The maximum absolute atomic E-state index is 15.1. The van der Waals surface area contributed by atoms with Gasteiger partial charge in [0.1, 0.15) is 11.6 Å². The van der Waals surface area contributed by atoms with Crippen molar-refractivity contribution in [3.8, 4) is 11.3 Å². The summed E-state index contributed by atoms with van der Waals surface area (Å²) in [6.07, 6.45) is 4.32. The molecule has 3 aromatic rings. The van der Waals surface area contributed by atoms with Crippen LogP contribution in [0, 0.1) is 17.0 Å². The highest BCUT2D eigenvalue weighted by Gasteiger charge is 2.37. The first-order valence-corrected chi connectivity index (χ1v) is 11.9. The van der Waals surface area contributed by atoms with Gasteiger partial charge < -0.3 is 4.57 Å². The van der Waals surface area contributed by atoms with Crippen molar-refractivity contribution < 1.29 is 17.2 Å². The molecule has 0 spiro atoms. The highest BCUT2D eigenvalue weighted by atomic mass is 32.2. The lowest BCUT2D eigenvalue weighted by atomic mass is 9.97. The number of pyridine rings is 1. The summed E-state index contributed by atoms with van der Waals surface area (Å²) in [5.41, 5.74) is 2.07. The summed E-state index contributed by atoms with van der Waals surface area (Å²) < 4.78 is 58.1. The van der Waals surface area contributed by atoms with E-state index < -0.39 is 27.7 Å². The Morgan fingerprint density at radius 1 is 1.23 bits per heavy atom. The first-order valence-electron chi connectivity index (χ1n) is 10.4. The zero-order valence-electron chi connectivity index (χ0n) is 18.1. The van der Waals surface area contributed by atoms with Crippen LogP contribution in [0.4, 0.5) is 8.78 Å². The minimum atomic E-state index is -3.39. The van der Waals surface area contributed by atoms with Crippen LogP contribution in [0.5, 0.6) is 0 Å². The van der Waals surface area contributed by atoms with Gasteiger partial charge in [-0.2, -0.15) is 0 Å². The van der Waals surface area contributed by atoms with Gasteiger partial charge in [0.25, 0.3) is 0 Å². The van der Waals surface area contributed by atoms with Crippen LogP contribution in [0.25, 0.3) is 22.2 Å². The molecular weight excluding hydrogens is 420 g/mol. The Balaban J connectivity index is 1.83. The number of hydrogen-bond donors (Lipinski definition) is 1. The predicted molar refractivity (Wildman–Crippen MR) is 118 cm³/mol. The van der Waals surface area contributed by atoms with Gasteiger partial charge in [-0.25, -0.2) is 21.9 Å². The molecule has 1 atom stereocenters. The number of fused-ring (bicyclic) bond motifs is 1. The second kappa shape index (κ2) is 7.67. The fraction of sp³-hybridized carbons (Fsp3) is 0.435. The lowest BCUT2D eigenvalue weighted by Crippen LogP contribution is -2.29. The first-order chi connectivity index (χ1) is 14.4. The summed E-state index contributed by atoms with van der Waals surface area (Å²) in [5, 5.41) is 0.323. The lowest BCUT2D eigenvalue weighted by molar-refractivity contribution is 0.349. The van der Waals surface area contributed by atoms with E-state index in [2.05, 4.69) is 30.5 Å². The van der Waals surface area contributed by atoms with Gasteiger partial charge in [-0.1, -0.05) is 20.8 Å². The number of nitrogens with zero attached hydrogens (tertiary/aromatic N) is 2. The number of sulfonamides is 1. The molecule has 1 unspecified atom stereocenters. The van der Waals surface area contributed by atoms with E-state index in [1.807, 2.05) is 10.8 Å². The number of aromatic nitrogens is 2. The number of halogens is 2. The minimum absolute atomic E-state index is 0.0529. The van der Waals surface area contributed by atoms with E-state index >= 15 is 4.39 Å². The van der Waals surface area contributed by atoms with Crippen molar-refractivity contribution >= 4 is 20.9 Å². The first kappa shape index (κ1) is 21.9. The average Bonchev–Trinajstić information content (AvgIpc) is 3.46. The van der Waals surface area contributed by atoms with Gasteiger partial charge >= 0.3 is 0 Å². The SMILES string of the molecule is CC(NS(=O)(=O)C1CC1)c1cn(CC(C)(C)C)c2cc(-c3ccc(F)cn3)c(F)cc12. The highest BCUT2D eigenvalue weighted by Crippen LogP contribution is 2.35. The summed E-state index contributed by atoms with van der Waals surface area (Å²) in [7, 11) is -3.39.